The second kappa shape index (κ2) is 32.1. The Hall–Kier alpha value is -4.11. The highest BCUT2D eigenvalue weighted by molar-refractivity contribution is 5.84. The van der Waals surface area contributed by atoms with E-state index in [0.717, 1.165) is 24.3 Å². The van der Waals surface area contributed by atoms with Gasteiger partial charge in [0.1, 0.15) is 0 Å². The molecule has 0 fully saturated rings. The Morgan fingerprint density at radius 1 is 0.571 bits per heavy atom. The summed E-state index contributed by atoms with van der Waals surface area (Å²) in [5, 5.41) is 72.3. The molecule has 0 spiro atoms. The molecule has 0 aliphatic rings. The molecule has 0 atom stereocenters. The van der Waals surface area contributed by atoms with E-state index in [0.29, 0.717) is 0 Å². The number of carboxylic acids is 5. The van der Waals surface area contributed by atoms with Crippen molar-refractivity contribution in [1.82, 2.24) is 0 Å². The van der Waals surface area contributed by atoms with E-state index in [1.54, 1.807) is 0 Å². The topological polar surface area (TPSA) is 267 Å². The van der Waals surface area contributed by atoms with Gasteiger partial charge in [-0.3, -0.25) is 0 Å². The van der Waals surface area contributed by atoms with Gasteiger partial charge in [0.2, 0.25) is 0 Å². The first-order valence-corrected chi connectivity index (χ1v) is 8.71. The Morgan fingerprint density at radius 3 is 0.686 bits per heavy atom. The van der Waals surface area contributed by atoms with Crippen LogP contribution in [0.15, 0.2) is 62.8 Å². The van der Waals surface area contributed by atoms with Crippen molar-refractivity contribution >= 4 is 29.8 Å². The first-order chi connectivity index (χ1) is 16.0. The molecule has 0 radical (unpaired) electrons. The largest absolute Gasteiger partial charge is 0.478 e. The summed E-state index contributed by atoms with van der Waals surface area (Å²) in [6, 6.07) is 0. The van der Waals surface area contributed by atoms with Crippen LogP contribution in [0, 0.1) is 5.41 Å². The van der Waals surface area contributed by atoms with Crippen LogP contribution in [-0.4, -0.2) is 102 Å². The fraction of sp³-hybridized carbons (Fsp3) is 0.286. The van der Waals surface area contributed by atoms with Crippen molar-refractivity contribution in [2.24, 2.45) is 5.41 Å². The standard InChI is InChI=1S/C5H12O4.C4H6O2.4C3H4O2/c6-1-5(2-7,3-8)4-9;1-3(2)4(5)6;4*1-2-3(4)5/h6-9H,1-4H2;1H2,2H3,(H,5,6);4*2H,1H2,(H,4,5). The van der Waals surface area contributed by atoms with E-state index in [4.69, 9.17) is 46.0 Å². The van der Waals surface area contributed by atoms with Gasteiger partial charge < -0.3 is 46.0 Å². The minimum atomic E-state index is -1.11. The highest BCUT2D eigenvalue weighted by Gasteiger charge is 2.26. The Kier molecular flexibility index (Phi) is 40.8. The normalized spacial score (nSPS) is 8.03. The Balaban J connectivity index is -0.0000000735. The average molecular weight is 510 g/mol. The third-order valence-corrected chi connectivity index (χ3v) is 2.41. The molecule has 0 amide bonds. The highest BCUT2D eigenvalue weighted by atomic mass is 16.4. The van der Waals surface area contributed by atoms with Gasteiger partial charge in [-0.1, -0.05) is 32.9 Å². The minimum absolute atomic E-state index is 0.176. The molecule has 14 heteroatoms. The summed E-state index contributed by atoms with van der Waals surface area (Å²) in [5.74, 6) is -4.86. The van der Waals surface area contributed by atoms with Gasteiger partial charge in [0.05, 0.1) is 31.8 Å². The lowest BCUT2D eigenvalue weighted by molar-refractivity contribution is -0.133. The van der Waals surface area contributed by atoms with Crippen LogP contribution >= 0.6 is 0 Å². The molecule has 0 heterocycles. The first-order valence-electron chi connectivity index (χ1n) is 8.71. The van der Waals surface area contributed by atoms with Crippen molar-refractivity contribution in [2.75, 3.05) is 26.4 Å². The second-order valence-corrected chi connectivity index (χ2v) is 5.39. The van der Waals surface area contributed by atoms with Gasteiger partial charge >= 0.3 is 29.8 Å². The molecule has 0 aromatic carbocycles. The Bertz CT molecular complexity index is 574. The van der Waals surface area contributed by atoms with Gasteiger partial charge in [-0.05, 0) is 6.92 Å². The van der Waals surface area contributed by atoms with Crippen molar-refractivity contribution in [3.05, 3.63) is 62.8 Å². The van der Waals surface area contributed by atoms with Gasteiger partial charge in [0.15, 0.2) is 0 Å². The fourth-order valence-corrected chi connectivity index (χ4v) is 0.300. The molecule has 35 heavy (non-hydrogen) atoms. The smallest absolute Gasteiger partial charge is 0.330 e. The van der Waals surface area contributed by atoms with Crippen molar-refractivity contribution in [3.8, 4) is 0 Å². The van der Waals surface area contributed by atoms with Crippen LogP contribution in [0.2, 0.25) is 0 Å². The van der Waals surface area contributed by atoms with Crippen LogP contribution in [0.4, 0.5) is 0 Å². The number of carbonyl (C=O) groups is 5. The van der Waals surface area contributed by atoms with Crippen molar-refractivity contribution in [3.63, 3.8) is 0 Å². The molecule has 0 aromatic rings. The minimum Gasteiger partial charge on any atom is -0.478 e. The Labute approximate surface area is 202 Å². The van der Waals surface area contributed by atoms with Gasteiger partial charge in [0.25, 0.3) is 0 Å². The zero-order valence-electron chi connectivity index (χ0n) is 19.2. The molecule has 0 aliphatic carbocycles. The summed E-state index contributed by atoms with van der Waals surface area (Å²) in [7, 11) is 0. The number of hydrogen-bond donors (Lipinski definition) is 9. The van der Waals surface area contributed by atoms with Crippen LogP contribution in [0.25, 0.3) is 0 Å². The molecule has 0 bridgehead atoms. The number of aliphatic hydroxyl groups is 4. The summed E-state index contributed by atoms with van der Waals surface area (Å²) >= 11 is 0. The monoisotopic (exact) mass is 510 g/mol. The molecule has 0 aliphatic heterocycles. The van der Waals surface area contributed by atoms with Crippen molar-refractivity contribution in [1.29, 1.82) is 0 Å². The number of aliphatic hydroxyl groups excluding tert-OH is 4. The van der Waals surface area contributed by atoms with Crippen molar-refractivity contribution < 1.29 is 69.9 Å². The number of rotatable bonds is 9. The zero-order valence-corrected chi connectivity index (χ0v) is 19.2. The molecular formula is C21H34O14. The molecule has 0 saturated heterocycles. The quantitative estimate of drug-likeness (QED) is 0.179. The van der Waals surface area contributed by atoms with E-state index in [2.05, 4.69) is 32.9 Å². The highest BCUT2D eigenvalue weighted by Crippen LogP contribution is 2.11. The fourth-order valence-electron chi connectivity index (χ4n) is 0.300. The molecule has 14 nitrogen and oxygen atoms in total. The third kappa shape index (κ3) is 58.8. The predicted molar refractivity (Wildman–Crippen MR) is 125 cm³/mol. The molecular weight excluding hydrogens is 476 g/mol. The maximum absolute atomic E-state index is 9.60. The van der Waals surface area contributed by atoms with Gasteiger partial charge in [0, 0.05) is 29.9 Å². The van der Waals surface area contributed by atoms with E-state index in [1.165, 1.54) is 6.92 Å². The lowest BCUT2D eigenvalue weighted by atomic mass is 9.93. The summed E-state index contributed by atoms with van der Waals surface area (Å²) in [5.41, 5.74) is -0.935. The molecule has 0 rings (SSSR count). The van der Waals surface area contributed by atoms with Crippen LogP contribution in [0.1, 0.15) is 6.92 Å². The SMILES string of the molecule is C=C(C)C(=O)O.C=CC(=O)O.C=CC(=O)O.C=CC(=O)O.C=CC(=O)O.OCC(CO)(CO)CO. The van der Waals surface area contributed by atoms with Crippen LogP contribution in [0.5, 0.6) is 0 Å². The average Bonchev–Trinajstić information content (AvgIpc) is 2.82. The molecule has 0 unspecified atom stereocenters. The van der Waals surface area contributed by atoms with Gasteiger partial charge in [-0.2, -0.15) is 0 Å². The molecule has 202 valence electrons. The molecule has 9 N–H and O–H groups in total. The lowest BCUT2D eigenvalue weighted by Crippen LogP contribution is -2.37. The third-order valence-electron chi connectivity index (χ3n) is 2.41. The maximum atomic E-state index is 9.60. The summed E-state index contributed by atoms with van der Waals surface area (Å²) < 4.78 is 0. The van der Waals surface area contributed by atoms with E-state index in [9.17, 15) is 24.0 Å². The first kappa shape index (κ1) is 44.5. The summed E-state index contributed by atoms with van der Waals surface area (Å²) in [6.45, 7) is 14.8. The summed E-state index contributed by atoms with van der Waals surface area (Å²) in [4.78, 5) is 46.6. The van der Waals surface area contributed by atoms with Crippen LogP contribution < -0.4 is 0 Å². The van der Waals surface area contributed by atoms with E-state index in [-0.39, 0.29) is 5.57 Å². The van der Waals surface area contributed by atoms with Crippen LogP contribution in [0.3, 0.4) is 0 Å². The lowest BCUT2D eigenvalue weighted by Gasteiger charge is -2.23. The number of hydrogen-bond acceptors (Lipinski definition) is 9. The second-order valence-electron chi connectivity index (χ2n) is 5.39. The van der Waals surface area contributed by atoms with Gasteiger partial charge in [-0.15, -0.1) is 0 Å². The number of aliphatic carboxylic acids is 5. The maximum Gasteiger partial charge on any atom is 0.330 e. The van der Waals surface area contributed by atoms with E-state index in [1.807, 2.05) is 0 Å². The predicted octanol–water partition coefficient (Wildman–Crippen LogP) is -0.383. The molecule has 0 saturated carbocycles. The van der Waals surface area contributed by atoms with E-state index >= 15 is 0 Å². The molecule has 0 aromatic heterocycles. The van der Waals surface area contributed by atoms with Crippen LogP contribution in [-0.2, 0) is 24.0 Å². The summed E-state index contributed by atoms with van der Waals surface area (Å²) in [6.07, 6.45) is 3.33. The number of carboxylic acid groups (broad SMARTS) is 5. The Morgan fingerprint density at radius 2 is 0.686 bits per heavy atom. The van der Waals surface area contributed by atoms with Gasteiger partial charge in [-0.25, -0.2) is 24.0 Å². The van der Waals surface area contributed by atoms with Crippen molar-refractivity contribution in [2.45, 2.75) is 6.92 Å². The van der Waals surface area contributed by atoms with E-state index < -0.39 is 61.7 Å². The zero-order chi connectivity index (χ0) is 29.6.